The zero-order valence-electron chi connectivity index (χ0n) is 55.3. The van der Waals surface area contributed by atoms with Gasteiger partial charge in [0, 0.05) is 48.3 Å². The average Bonchev–Trinajstić information content (AvgIpc) is 0.884. The van der Waals surface area contributed by atoms with Gasteiger partial charge in [0.25, 0.3) is 0 Å². The van der Waals surface area contributed by atoms with E-state index in [1.54, 1.807) is 0 Å². The van der Waals surface area contributed by atoms with E-state index in [9.17, 15) is 44.9 Å². The SMILES string of the molecule is CC(F)(F)CCCOC(=O)C1C2c3ccccc3C(c3ccccc32)C1C(=O)OC1C2CC3C(=O)OC1C3C2.O=S(=O)([O-])C(F)(F)CC1CC2c3ccccc3C1c1ccccc12.c1ccc([S+](c2ccccc2)c2ccccc2)cc1.c1ccc([S+](c2ccccc2)c2ccccc2)cc1. The monoisotopic (exact) mass is 1410 g/mol. The summed E-state index contributed by atoms with van der Waals surface area (Å²) in [6.45, 7) is 0.696. The van der Waals surface area contributed by atoms with Gasteiger partial charge >= 0.3 is 23.2 Å². The van der Waals surface area contributed by atoms with Crippen LogP contribution in [0, 0.1) is 35.5 Å². The minimum absolute atomic E-state index is 0.0146. The zero-order chi connectivity index (χ0) is 70.0. The van der Waals surface area contributed by atoms with Gasteiger partial charge in [-0.3, -0.25) is 14.4 Å². The number of esters is 3. The summed E-state index contributed by atoms with van der Waals surface area (Å²) < 4.78 is 105. The summed E-state index contributed by atoms with van der Waals surface area (Å²) in [5, 5.41) is -4.24. The second-order valence-corrected chi connectivity index (χ2v) is 32.5. The van der Waals surface area contributed by atoms with Crippen molar-refractivity contribution < 1.29 is 59.1 Å². The summed E-state index contributed by atoms with van der Waals surface area (Å²) in [5.41, 5.74) is 8.08. The maximum Gasteiger partial charge on any atom is 0.334 e. The van der Waals surface area contributed by atoms with Crippen LogP contribution in [0.5, 0.6) is 0 Å². The highest BCUT2D eigenvalue weighted by Crippen LogP contribution is 2.61. The standard InChI is InChI=1S/C31H30F2O6.C18H16F2O3S.2C18H15S/c1-31(32,33)11-6-12-37-29(35)24-22-16-7-2-4-9-18(16)23(19-10-5-3-8-17(19)22)25(24)30(36)38-26-15-13-20-21(14-15)28(34)39-27(20)26;19-18(20,24(21,22)23)10-11-9-16-12-5-1-3-7-14(12)17(11)15-8-4-2-6-13(15)16;2*1-4-10-16(11-5-1)19(17-12-6-2-7-13-17)18-14-8-3-9-15-18/h2-5,7-10,15,20-27H,6,11-14H2,1H3;1-8,11,16-17H,9-10H2,(H,21,22,23);2*1-15H/q;;2*+1/p-1. The van der Waals surface area contributed by atoms with Crippen molar-refractivity contribution in [3.63, 3.8) is 0 Å². The van der Waals surface area contributed by atoms with Crippen LogP contribution in [0.15, 0.2) is 308 Å². The Balaban J connectivity index is 0.000000121. The molecule has 0 radical (unpaired) electrons. The molecule has 1 heterocycles. The Morgan fingerprint density at radius 2 is 0.812 bits per heavy atom. The molecule has 19 rings (SSSR count). The van der Waals surface area contributed by atoms with Crippen molar-refractivity contribution in [2.24, 2.45) is 35.5 Å². The van der Waals surface area contributed by atoms with Crippen molar-refractivity contribution in [1.29, 1.82) is 0 Å². The van der Waals surface area contributed by atoms with Crippen molar-refractivity contribution in [3.05, 3.63) is 324 Å². The zero-order valence-corrected chi connectivity index (χ0v) is 57.8. The normalized spacial score (nSPS) is 23.4. The van der Waals surface area contributed by atoms with Crippen molar-refractivity contribution in [1.82, 2.24) is 0 Å². The predicted octanol–water partition coefficient (Wildman–Crippen LogP) is 18.4. The van der Waals surface area contributed by atoms with E-state index < -0.39 is 81.5 Å². The molecule has 0 N–H and O–H groups in total. The van der Waals surface area contributed by atoms with Gasteiger partial charge in [0.1, 0.15) is 12.2 Å². The lowest BCUT2D eigenvalue weighted by molar-refractivity contribution is -0.173. The summed E-state index contributed by atoms with van der Waals surface area (Å²) in [6.07, 6.45) is -0.335. The van der Waals surface area contributed by atoms with E-state index in [0.717, 1.165) is 57.9 Å². The molecule has 10 aromatic rings. The first-order chi connectivity index (χ1) is 48.9. The number of benzene rings is 10. The van der Waals surface area contributed by atoms with E-state index in [4.69, 9.17) is 14.2 Å². The van der Waals surface area contributed by atoms with Crippen molar-refractivity contribution >= 4 is 49.8 Å². The van der Waals surface area contributed by atoms with Crippen LogP contribution in [0.2, 0.25) is 0 Å². The molecule has 514 valence electrons. The fourth-order valence-electron chi connectivity index (χ4n) is 16.7. The summed E-state index contributed by atoms with van der Waals surface area (Å²) in [6, 6.07) is 95.4. The third-order valence-electron chi connectivity index (χ3n) is 20.8. The fourth-order valence-corrected chi connectivity index (χ4v) is 21.3. The first kappa shape index (κ1) is 69.0. The highest BCUT2D eigenvalue weighted by atomic mass is 32.2. The molecule has 9 nitrogen and oxygen atoms in total. The highest BCUT2D eigenvalue weighted by molar-refractivity contribution is 7.97. The molecule has 9 aliphatic rings. The van der Waals surface area contributed by atoms with Crippen LogP contribution in [-0.2, 0) is 60.5 Å². The lowest BCUT2D eigenvalue weighted by atomic mass is 9.54. The number of rotatable bonds is 16. The third kappa shape index (κ3) is 14.2. The number of hydrogen-bond acceptors (Lipinski definition) is 9. The summed E-state index contributed by atoms with van der Waals surface area (Å²) in [5.74, 6) is -7.48. The van der Waals surface area contributed by atoms with Gasteiger partial charge in [-0.25, -0.2) is 17.2 Å². The molecular weight excluding hydrogens is 1340 g/mol. The molecule has 0 spiro atoms. The Morgan fingerprint density at radius 1 is 0.475 bits per heavy atom. The van der Waals surface area contributed by atoms with Crippen LogP contribution in [0.25, 0.3) is 0 Å². The van der Waals surface area contributed by atoms with E-state index in [0.29, 0.717) is 12.8 Å². The summed E-state index contributed by atoms with van der Waals surface area (Å²) >= 11 is 0. The van der Waals surface area contributed by atoms with Crippen LogP contribution >= 0.6 is 0 Å². The molecule has 16 heteroatoms. The van der Waals surface area contributed by atoms with Crippen molar-refractivity contribution in [3.8, 4) is 0 Å². The van der Waals surface area contributed by atoms with Gasteiger partial charge in [-0.2, -0.15) is 8.78 Å². The Morgan fingerprint density at radius 3 is 1.17 bits per heavy atom. The van der Waals surface area contributed by atoms with Crippen molar-refractivity contribution in [2.75, 3.05) is 6.61 Å². The molecule has 0 aromatic heterocycles. The molecule has 2 saturated carbocycles. The molecular formula is C85H75F4O9S3+. The van der Waals surface area contributed by atoms with Gasteiger partial charge in [0.05, 0.1) is 46.2 Å². The minimum atomic E-state index is -5.66. The van der Waals surface area contributed by atoms with Gasteiger partial charge < -0.3 is 18.8 Å². The van der Waals surface area contributed by atoms with E-state index >= 15 is 0 Å². The number of carbonyl (C=O) groups is 3. The quantitative estimate of drug-likeness (QED) is 0.0231. The molecule has 10 aromatic carbocycles. The molecule has 101 heavy (non-hydrogen) atoms. The number of fused-ring (bicyclic) bond motifs is 3. The Bertz CT molecular complexity index is 4270. The highest BCUT2D eigenvalue weighted by Gasteiger charge is 2.65. The van der Waals surface area contributed by atoms with E-state index in [1.807, 2.05) is 97.1 Å². The number of ether oxygens (including phenoxy) is 3. The van der Waals surface area contributed by atoms with Gasteiger partial charge in [-0.1, -0.05) is 206 Å². The fraction of sp³-hybridized carbons (Fsp3) is 0.259. The molecule has 1 aliphatic heterocycles. The lowest BCUT2D eigenvalue weighted by Gasteiger charge is -2.48. The molecule has 0 amide bonds. The first-order valence-electron chi connectivity index (χ1n) is 34.4. The van der Waals surface area contributed by atoms with Crippen LogP contribution in [0.3, 0.4) is 0 Å². The topological polar surface area (TPSA) is 136 Å². The molecule has 8 aliphatic carbocycles. The van der Waals surface area contributed by atoms with Crippen LogP contribution in [0.4, 0.5) is 17.6 Å². The van der Waals surface area contributed by atoms with Crippen molar-refractivity contribution in [2.45, 2.75) is 122 Å². The second kappa shape index (κ2) is 29.5. The molecule has 3 fully saturated rings. The Kier molecular flexibility index (Phi) is 20.2. The Labute approximate surface area is 592 Å². The second-order valence-electron chi connectivity index (χ2n) is 27.0. The maximum absolute atomic E-state index is 14.1. The number of carbonyl (C=O) groups excluding carboxylic acids is 3. The van der Waals surface area contributed by atoms with Crippen LogP contribution < -0.4 is 0 Å². The van der Waals surface area contributed by atoms with Crippen LogP contribution in [-0.4, -0.2) is 60.9 Å². The third-order valence-corrected chi connectivity index (χ3v) is 26.2. The van der Waals surface area contributed by atoms with Gasteiger partial charge in [0.2, 0.25) is 5.92 Å². The predicted molar refractivity (Wildman–Crippen MR) is 381 cm³/mol. The number of hydrogen-bond donors (Lipinski definition) is 0. The lowest BCUT2D eigenvalue weighted by Crippen LogP contribution is -2.49. The summed E-state index contributed by atoms with van der Waals surface area (Å²) in [7, 11) is -5.69. The largest absolute Gasteiger partial charge is 0.743 e. The molecule has 8 unspecified atom stereocenters. The maximum atomic E-state index is 14.1. The number of halogens is 4. The van der Waals surface area contributed by atoms with Gasteiger partial charge in [-0.15, -0.1) is 0 Å². The molecule has 6 bridgehead atoms. The summed E-state index contributed by atoms with van der Waals surface area (Å²) in [4.78, 5) is 48.2. The number of alkyl halides is 4. The minimum Gasteiger partial charge on any atom is -0.743 e. The first-order valence-corrected chi connectivity index (χ1v) is 38.2. The average molecular weight is 1410 g/mol. The van der Waals surface area contributed by atoms with Gasteiger partial charge in [-0.05, 0) is 156 Å². The van der Waals surface area contributed by atoms with Crippen LogP contribution in [0.1, 0.15) is 114 Å². The van der Waals surface area contributed by atoms with E-state index in [-0.39, 0.29) is 76.8 Å². The van der Waals surface area contributed by atoms with E-state index in [1.165, 1.54) is 29.4 Å². The Hall–Kier alpha value is -9.06. The van der Waals surface area contributed by atoms with E-state index in [2.05, 4.69) is 182 Å². The molecule has 1 saturated heterocycles. The smallest absolute Gasteiger partial charge is 0.334 e. The van der Waals surface area contributed by atoms with Gasteiger partial charge in [0.15, 0.2) is 39.5 Å². The molecule has 8 atom stereocenters.